The van der Waals surface area contributed by atoms with Crippen molar-refractivity contribution in [2.75, 3.05) is 0 Å². The molecule has 0 aliphatic carbocycles. The predicted octanol–water partition coefficient (Wildman–Crippen LogP) is 3.66. The van der Waals surface area contributed by atoms with Crippen LogP contribution in [-0.4, -0.2) is 9.55 Å². The number of imidazole rings is 1. The van der Waals surface area contributed by atoms with Crippen LogP contribution in [0, 0.1) is 6.92 Å². The summed E-state index contributed by atoms with van der Waals surface area (Å²) in [5.74, 6) is 1.42. The van der Waals surface area contributed by atoms with Crippen LogP contribution in [-0.2, 0) is 5.88 Å². The van der Waals surface area contributed by atoms with Crippen molar-refractivity contribution in [3.05, 3.63) is 29.6 Å². The number of halogens is 1. The van der Waals surface area contributed by atoms with E-state index in [0.717, 1.165) is 11.3 Å². The molecular formula is C12H15ClN2. The molecule has 3 heteroatoms. The van der Waals surface area contributed by atoms with Gasteiger partial charge in [-0.2, -0.15) is 0 Å². The van der Waals surface area contributed by atoms with E-state index in [0.29, 0.717) is 11.9 Å². The fourth-order valence-electron chi connectivity index (χ4n) is 2.02. The molecule has 0 N–H and O–H groups in total. The average molecular weight is 223 g/mol. The molecule has 1 aromatic heterocycles. The van der Waals surface area contributed by atoms with Crippen LogP contribution in [0.1, 0.15) is 31.3 Å². The smallest absolute Gasteiger partial charge is 0.125 e. The molecular weight excluding hydrogens is 208 g/mol. The molecule has 0 radical (unpaired) electrons. The molecule has 1 heterocycles. The molecule has 0 aliphatic rings. The van der Waals surface area contributed by atoms with Gasteiger partial charge in [-0.25, -0.2) is 4.98 Å². The van der Waals surface area contributed by atoms with E-state index in [1.807, 2.05) is 12.1 Å². The number of aromatic nitrogens is 2. The maximum Gasteiger partial charge on any atom is 0.125 e. The van der Waals surface area contributed by atoms with Gasteiger partial charge in [0.25, 0.3) is 0 Å². The molecule has 2 aromatic rings. The van der Waals surface area contributed by atoms with Crippen LogP contribution in [0.2, 0.25) is 0 Å². The van der Waals surface area contributed by atoms with E-state index >= 15 is 0 Å². The summed E-state index contributed by atoms with van der Waals surface area (Å²) < 4.78 is 2.22. The molecule has 2 nitrogen and oxygen atoms in total. The van der Waals surface area contributed by atoms with Crippen LogP contribution < -0.4 is 0 Å². The number of hydrogen-bond donors (Lipinski definition) is 0. The highest BCUT2D eigenvalue weighted by atomic mass is 35.5. The molecule has 0 saturated carbocycles. The van der Waals surface area contributed by atoms with E-state index in [-0.39, 0.29) is 0 Å². The number of alkyl halides is 1. The number of hydrogen-bond acceptors (Lipinski definition) is 1. The standard InChI is InChI=1S/C12H15ClN2/c1-8(2)15-11(7-13)14-10-6-4-5-9(3)12(10)15/h4-6,8H,7H2,1-3H3. The Balaban J connectivity index is 2.82. The lowest BCUT2D eigenvalue weighted by molar-refractivity contribution is 0.596. The molecule has 15 heavy (non-hydrogen) atoms. The van der Waals surface area contributed by atoms with Gasteiger partial charge in [-0.1, -0.05) is 12.1 Å². The highest BCUT2D eigenvalue weighted by Crippen LogP contribution is 2.24. The van der Waals surface area contributed by atoms with Crippen LogP contribution >= 0.6 is 11.6 Å². The molecule has 0 amide bonds. The second-order valence-electron chi connectivity index (χ2n) is 4.07. The highest BCUT2D eigenvalue weighted by molar-refractivity contribution is 6.16. The van der Waals surface area contributed by atoms with Gasteiger partial charge in [0.05, 0.1) is 16.9 Å². The number of aryl methyl sites for hydroxylation is 1. The Kier molecular flexibility index (Phi) is 2.70. The van der Waals surface area contributed by atoms with Gasteiger partial charge in [-0.15, -0.1) is 11.6 Å². The summed E-state index contributed by atoms with van der Waals surface area (Å²) >= 11 is 5.92. The van der Waals surface area contributed by atoms with Crippen molar-refractivity contribution in [3.63, 3.8) is 0 Å². The second kappa shape index (κ2) is 3.86. The van der Waals surface area contributed by atoms with Gasteiger partial charge in [0, 0.05) is 6.04 Å². The van der Waals surface area contributed by atoms with Crippen LogP contribution in [0.5, 0.6) is 0 Å². The third-order valence-corrected chi connectivity index (χ3v) is 2.86. The lowest BCUT2D eigenvalue weighted by atomic mass is 10.2. The Morgan fingerprint density at radius 2 is 2.13 bits per heavy atom. The Labute approximate surface area is 94.9 Å². The second-order valence-corrected chi connectivity index (χ2v) is 4.34. The summed E-state index contributed by atoms with van der Waals surface area (Å²) in [4.78, 5) is 4.54. The largest absolute Gasteiger partial charge is 0.324 e. The normalized spacial score (nSPS) is 11.5. The molecule has 2 rings (SSSR count). The molecule has 1 aromatic carbocycles. The summed E-state index contributed by atoms with van der Waals surface area (Å²) in [6.45, 7) is 6.42. The quantitative estimate of drug-likeness (QED) is 0.709. The van der Waals surface area contributed by atoms with Crippen molar-refractivity contribution in [1.82, 2.24) is 9.55 Å². The van der Waals surface area contributed by atoms with E-state index in [1.54, 1.807) is 0 Å². The minimum absolute atomic E-state index is 0.393. The van der Waals surface area contributed by atoms with Gasteiger partial charge in [0.1, 0.15) is 5.82 Å². The highest BCUT2D eigenvalue weighted by Gasteiger charge is 2.13. The summed E-state index contributed by atoms with van der Waals surface area (Å²) in [5, 5.41) is 0. The first kappa shape index (κ1) is 10.5. The number of fused-ring (bicyclic) bond motifs is 1. The molecule has 0 atom stereocenters. The van der Waals surface area contributed by atoms with E-state index in [2.05, 4.69) is 36.4 Å². The Hall–Kier alpha value is -1.02. The molecule has 0 bridgehead atoms. The van der Waals surface area contributed by atoms with Gasteiger partial charge >= 0.3 is 0 Å². The zero-order valence-corrected chi connectivity index (χ0v) is 10.0. The summed E-state index contributed by atoms with van der Waals surface area (Å²) in [5.41, 5.74) is 3.51. The molecule has 0 fully saturated rings. The number of benzene rings is 1. The molecule has 0 spiro atoms. The zero-order chi connectivity index (χ0) is 11.0. The maximum absolute atomic E-state index is 5.92. The van der Waals surface area contributed by atoms with Gasteiger partial charge in [0.15, 0.2) is 0 Å². The van der Waals surface area contributed by atoms with Crippen molar-refractivity contribution in [2.45, 2.75) is 32.7 Å². The average Bonchev–Trinajstić information content (AvgIpc) is 2.57. The fraction of sp³-hybridized carbons (Fsp3) is 0.417. The van der Waals surface area contributed by atoms with Crippen molar-refractivity contribution in [1.29, 1.82) is 0 Å². The van der Waals surface area contributed by atoms with Crippen LogP contribution in [0.15, 0.2) is 18.2 Å². The van der Waals surface area contributed by atoms with Gasteiger partial charge in [0.2, 0.25) is 0 Å². The van der Waals surface area contributed by atoms with Crippen molar-refractivity contribution in [2.24, 2.45) is 0 Å². The fourth-order valence-corrected chi connectivity index (χ4v) is 2.21. The molecule has 80 valence electrons. The van der Waals surface area contributed by atoms with E-state index in [9.17, 15) is 0 Å². The van der Waals surface area contributed by atoms with Gasteiger partial charge in [-0.3, -0.25) is 0 Å². The number of rotatable bonds is 2. The van der Waals surface area contributed by atoms with Crippen molar-refractivity contribution >= 4 is 22.6 Å². The first-order valence-corrected chi connectivity index (χ1v) is 5.71. The Bertz CT molecular complexity index is 486. The number of para-hydroxylation sites is 1. The summed E-state index contributed by atoms with van der Waals surface area (Å²) in [7, 11) is 0. The first-order valence-electron chi connectivity index (χ1n) is 5.17. The van der Waals surface area contributed by atoms with Crippen LogP contribution in [0.3, 0.4) is 0 Å². The topological polar surface area (TPSA) is 17.8 Å². The monoisotopic (exact) mass is 222 g/mol. The molecule has 0 saturated heterocycles. The number of nitrogens with zero attached hydrogens (tertiary/aromatic N) is 2. The predicted molar refractivity (Wildman–Crippen MR) is 64.4 cm³/mol. The minimum Gasteiger partial charge on any atom is -0.324 e. The van der Waals surface area contributed by atoms with E-state index < -0.39 is 0 Å². The summed E-state index contributed by atoms with van der Waals surface area (Å²) in [6, 6.07) is 6.58. The van der Waals surface area contributed by atoms with E-state index in [1.165, 1.54) is 11.1 Å². The minimum atomic E-state index is 0.393. The van der Waals surface area contributed by atoms with Crippen molar-refractivity contribution < 1.29 is 0 Å². The Morgan fingerprint density at radius 3 is 2.73 bits per heavy atom. The third-order valence-electron chi connectivity index (χ3n) is 2.62. The lowest BCUT2D eigenvalue weighted by Gasteiger charge is -2.12. The van der Waals surface area contributed by atoms with Crippen molar-refractivity contribution in [3.8, 4) is 0 Å². The lowest BCUT2D eigenvalue weighted by Crippen LogP contribution is -2.05. The SMILES string of the molecule is Cc1cccc2nc(CCl)n(C(C)C)c12. The van der Waals surface area contributed by atoms with Gasteiger partial charge < -0.3 is 4.57 Å². The Morgan fingerprint density at radius 1 is 1.40 bits per heavy atom. The maximum atomic E-state index is 5.92. The van der Waals surface area contributed by atoms with Gasteiger partial charge in [-0.05, 0) is 32.4 Å². The first-order chi connectivity index (χ1) is 7.15. The van der Waals surface area contributed by atoms with E-state index in [4.69, 9.17) is 11.6 Å². The van der Waals surface area contributed by atoms with Crippen LogP contribution in [0.25, 0.3) is 11.0 Å². The molecule has 0 aliphatic heterocycles. The zero-order valence-electron chi connectivity index (χ0n) is 9.29. The summed E-state index contributed by atoms with van der Waals surface area (Å²) in [6.07, 6.45) is 0. The molecule has 0 unspecified atom stereocenters. The van der Waals surface area contributed by atoms with Crippen LogP contribution in [0.4, 0.5) is 0 Å². The third kappa shape index (κ3) is 1.63.